The number of ketones is 1. The Hall–Kier alpha value is -0.930. The smallest absolute Gasteiger partial charge is 0.133 e. The first-order valence-corrected chi connectivity index (χ1v) is 7.72. The lowest BCUT2D eigenvalue weighted by atomic mass is 10.1. The van der Waals surface area contributed by atoms with Crippen molar-refractivity contribution in [1.29, 1.82) is 0 Å². The molecule has 90 valence electrons. The van der Waals surface area contributed by atoms with Crippen molar-refractivity contribution < 1.29 is 4.79 Å². The summed E-state index contributed by atoms with van der Waals surface area (Å²) in [6.07, 6.45) is 4.36. The maximum atomic E-state index is 11.7. The van der Waals surface area contributed by atoms with Crippen LogP contribution in [0.15, 0.2) is 34.3 Å². The maximum Gasteiger partial charge on any atom is 0.133 e. The Kier molecular flexibility index (Phi) is 4.95. The minimum Gasteiger partial charge on any atom is -0.300 e. The molecule has 0 aliphatic heterocycles. The Morgan fingerprint density at radius 1 is 1.12 bits per heavy atom. The molecule has 2 heterocycles. The Bertz CT molecular complexity index is 429. The predicted octanol–water partition coefficient (Wildman–Crippen LogP) is 4.33. The van der Waals surface area contributed by atoms with Gasteiger partial charge in [-0.25, -0.2) is 0 Å². The van der Waals surface area contributed by atoms with E-state index in [2.05, 4.69) is 34.3 Å². The van der Waals surface area contributed by atoms with Crippen LogP contribution in [0, 0.1) is 0 Å². The van der Waals surface area contributed by atoms with Crippen LogP contribution in [0.3, 0.4) is 0 Å². The predicted molar refractivity (Wildman–Crippen MR) is 74.9 cm³/mol. The van der Waals surface area contributed by atoms with E-state index in [-0.39, 0.29) is 0 Å². The third kappa shape index (κ3) is 4.44. The minimum atomic E-state index is 0.396. The van der Waals surface area contributed by atoms with E-state index in [1.165, 1.54) is 10.4 Å². The van der Waals surface area contributed by atoms with E-state index in [4.69, 9.17) is 0 Å². The Morgan fingerprint density at radius 3 is 2.76 bits per heavy atom. The van der Waals surface area contributed by atoms with Crippen LogP contribution in [-0.4, -0.2) is 5.78 Å². The largest absolute Gasteiger partial charge is 0.300 e. The maximum absolute atomic E-state index is 11.7. The lowest BCUT2D eigenvalue weighted by Gasteiger charge is -1.99. The lowest BCUT2D eigenvalue weighted by molar-refractivity contribution is -0.119. The van der Waals surface area contributed by atoms with Crippen molar-refractivity contribution in [2.24, 2.45) is 0 Å². The van der Waals surface area contributed by atoms with Crippen LogP contribution in [0.5, 0.6) is 0 Å². The number of carbonyl (C=O) groups is 1. The molecule has 0 aliphatic rings. The Labute approximate surface area is 110 Å². The third-order valence-corrected chi connectivity index (χ3v) is 4.40. The number of hydrogen-bond acceptors (Lipinski definition) is 3. The van der Waals surface area contributed by atoms with Gasteiger partial charge in [0.25, 0.3) is 0 Å². The number of hydrogen-bond donors (Lipinski definition) is 0. The number of thiophene rings is 2. The van der Waals surface area contributed by atoms with E-state index in [0.29, 0.717) is 12.2 Å². The van der Waals surface area contributed by atoms with Crippen molar-refractivity contribution in [3.8, 4) is 0 Å². The highest BCUT2D eigenvalue weighted by Crippen LogP contribution is 2.13. The molecule has 0 N–H and O–H groups in total. The average molecular weight is 264 g/mol. The van der Waals surface area contributed by atoms with Crippen molar-refractivity contribution in [2.75, 3.05) is 0 Å². The lowest BCUT2D eigenvalue weighted by Crippen LogP contribution is -2.00. The molecule has 0 aromatic carbocycles. The van der Waals surface area contributed by atoms with Crippen molar-refractivity contribution in [3.63, 3.8) is 0 Å². The van der Waals surface area contributed by atoms with Gasteiger partial charge in [0.05, 0.1) is 0 Å². The van der Waals surface area contributed by atoms with Crippen LogP contribution in [-0.2, 0) is 17.6 Å². The summed E-state index contributed by atoms with van der Waals surface area (Å²) >= 11 is 3.47. The van der Waals surface area contributed by atoms with Crippen molar-refractivity contribution in [3.05, 3.63) is 44.8 Å². The topological polar surface area (TPSA) is 17.1 Å². The molecule has 17 heavy (non-hydrogen) atoms. The number of rotatable bonds is 7. The van der Waals surface area contributed by atoms with Gasteiger partial charge in [0.2, 0.25) is 0 Å². The van der Waals surface area contributed by atoms with Gasteiger partial charge in [-0.1, -0.05) is 6.07 Å². The van der Waals surface area contributed by atoms with Gasteiger partial charge in [0.15, 0.2) is 0 Å². The molecule has 0 bridgehead atoms. The van der Waals surface area contributed by atoms with E-state index in [0.717, 1.165) is 25.7 Å². The molecule has 0 saturated carbocycles. The normalized spacial score (nSPS) is 10.6. The van der Waals surface area contributed by atoms with Crippen LogP contribution in [0.4, 0.5) is 0 Å². The molecule has 0 spiro atoms. The fraction of sp³-hybridized carbons (Fsp3) is 0.357. The number of Topliss-reactive ketones (excluding diaryl/α,β-unsaturated/α-hetero) is 1. The van der Waals surface area contributed by atoms with Gasteiger partial charge in [-0.2, -0.15) is 11.3 Å². The van der Waals surface area contributed by atoms with Crippen LogP contribution < -0.4 is 0 Å². The summed E-state index contributed by atoms with van der Waals surface area (Å²) in [7, 11) is 0. The molecule has 0 amide bonds. The quantitative estimate of drug-likeness (QED) is 0.727. The van der Waals surface area contributed by atoms with E-state index in [9.17, 15) is 4.79 Å². The summed E-state index contributed by atoms with van der Waals surface area (Å²) in [5.41, 5.74) is 1.29. The Morgan fingerprint density at radius 2 is 2.06 bits per heavy atom. The van der Waals surface area contributed by atoms with Crippen molar-refractivity contribution in [1.82, 2.24) is 0 Å². The van der Waals surface area contributed by atoms with E-state index >= 15 is 0 Å². The first-order valence-electron chi connectivity index (χ1n) is 5.90. The first-order chi connectivity index (χ1) is 8.34. The first kappa shape index (κ1) is 12.5. The molecule has 0 radical (unpaired) electrons. The summed E-state index contributed by atoms with van der Waals surface area (Å²) in [5.74, 6) is 0.396. The van der Waals surface area contributed by atoms with E-state index < -0.39 is 0 Å². The Balaban J connectivity index is 1.61. The second kappa shape index (κ2) is 6.72. The zero-order valence-corrected chi connectivity index (χ0v) is 11.4. The zero-order chi connectivity index (χ0) is 11.9. The second-order valence-corrected chi connectivity index (χ2v) is 5.92. The monoisotopic (exact) mass is 264 g/mol. The van der Waals surface area contributed by atoms with Gasteiger partial charge in [-0.3, -0.25) is 4.79 Å². The number of aryl methyl sites for hydroxylation is 2. The SMILES string of the molecule is O=C(CCCc1cccs1)CCc1ccsc1. The van der Waals surface area contributed by atoms with Gasteiger partial charge in [0, 0.05) is 17.7 Å². The summed E-state index contributed by atoms with van der Waals surface area (Å²) in [5, 5.41) is 6.28. The van der Waals surface area contributed by atoms with E-state index in [1.807, 2.05) is 0 Å². The van der Waals surface area contributed by atoms with Gasteiger partial charge >= 0.3 is 0 Å². The average Bonchev–Trinajstić information content (AvgIpc) is 2.99. The molecule has 2 aromatic rings. The van der Waals surface area contributed by atoms with E-state index in [1.54, 1.807) is 22.7 Å². The van der Waals surface area contributed by atoms with Gasteiger partial charge in [0.1, 0.15) is 5.78 Å². The fourth-order valence-corrected chi connectivity index (χ4v) is 3.21. The molecule has 0 fully saturated rings. The van der Waals surface area contributed by atoms with Crippen LogP contribution in [0.25, 0.3) is 0 Å². The highest BCUT2D eigenvalue weighted by atomic mass is 32.1. The molecule has 2 aromatic heterocycles. The minimum absolute atomic E-state index is 0.396. The summed E-state index contributed by atoms with van der Waals surface area (Å²) in [4.78, 5) is 13.1. The van der Waals surface area contributed by atoms with Crippen LogP contribution in [0.2, 0.25) is 0 Å². The molecule has 0 unspecified atom stereocenters. The van der Waals surface area contributed by atoms with Crippen LogP contribution in [0.1, 0.15) is 29.7 Å². The number of carbonyl (C=O) groups excluding carboxylic acids is 1. The summed E-state index contributed by atoms with van der Waals surface area (Å²) < 4.78 is 0. The molecule has 0 saturated heterocycles. The van der Waals surface area contributed by atoms with Gasteiger partial charge < -0.3 is 0 Å². The molecule has 1 nitrogen and oxygen atoms in total. The van der Waals surface area contributed by atoms with Crippen LogP contribution >= 0.6 is 22.7 Å². The fourth-order valence-electron chi connectivity index (χ4n) is 1.76. The van der Waals surface area contributed by atoms with Crippen molar-refractivity contribution in [2.45, 2.75) is 32.1 Å². The second-order valence-electron chi connectivity index (χ2n) is 4.10. The molecule has 3 heteroatoms. The van der Waals surface area contributed by atoms with Gasteiger partial charge in [-0.05, 0) is 53.1 Å². The molecule has 2 rings (SSSR count). The van der Waals surface area contributed by atoms with Crippen molar-refractivity contribution >= 4 is 28.5 Å². The standard InChI is InChI=1S/C14H16OS2/c15-13(7-6-12-8-10-16-11-12)3-1-4-14-5-2-9-17-14/h2,5,8-11H,1,3-4,6-7H2. The van der Waals surface area contributed by atoms with Gasteiger partial charge in [-0.15, -0.1) is 11.3 Å². The molecular formula is C14H16OS2. The summed E-state index contributed by atoms with van der Waals surface area (Å²) in [6.45, 7) is 0. The molecule has 0 atom stereocenters. The summed E-state index contributed by atoms with van der Waals surface area (Å²) in [6, 6.07) is 6.31. The highest BCUT2D eigenvalue weighted by molar-refractivity contribution is 7.09. The zero-order valence-electron chi connectivity index (χ0n) is 9.72. The third-order valence-electron chi connectivity index (χ3n) is 2.73. The molecule has 0 aliphatic carbocycles. The molecular weight excluding hydrogens is 248 g/mol. The highest BCUT2D eigenvalue weighted by Gasteiger charge is 2.03.